The molecule has 0 unspecified atom stereocenters. The van der Waals surface area contributed by atoms with Gasteiger partial charge in [0, 0.05) is 6.54 Å². The van der Waals surface area contributed by atoms with E-state index in [0.717, 1.165) is 41.1 Å². The van der Waals surface area contributed by atoms with Crippen molar-refractivity contribution >= 4 is 44.9 Å². The zero-order valence-electron chi connectivity index (χ0n) is 18.6. The van der Waals surface area contributed by atoms with Crippen LogP contribution in [-0.4, -0.2) is 35.3 Å². The Bertz CT molecular complexity index is 993. The first-order chi connectivity index (χ1) is 15.4. The molecule has 1 heterocycles. The largest absolute Gasteiger partial charge is 0.490 e. The molecule has 0 aromatic heterocycles. The zero-order valence-corrected chi connectivity index (χ0v) is 21.0. The molecule has 1 atom stereocenters. The van der Waals surface area contributed by atoms with E-state index < -0.39 is 0 Å². The lowest BCUT2D eigenvalue weighted by Crippen LogP contribution is -2.29. The van der Waals surface area contributed by atoms with Gasteiger partial charge in [0.25, 0.3) is 11.1 Å². The van der Waals surface area contributed by atoms with E-state index in [1.165, 1.54) is 10.5 Å². The van der Waals surface area contributed by atoms with Gasteiger partial charge in [0.2, 0.25) is 0 Å². The number of imide groups is 1. The van der Waals surface area contributed by atoms with Gasteiger partial charge in [0.05, 0.1) is 22.1 Å². The fraction of sp³-hybridized carbons (Fsp3) is 0.360. The van der Waals surface area contributed by atoms with Crippen molar-refractivity contribution in [3.8, 4) is 11.5 Å². The van der Waals surface area contributed by atoms with Crippen LogP contribution in [0.15, 0.2) is 51.8 Å². The minimum absolute atomic E-state index is 0.0451. The molecule has 2 aromatic rings. The Balaban J connectivity index is 1.74. The standard InChI is InChI=1S/C25H28BrNO4S/c1-4-17(3)31-23-20(26)14-19(15-21(23)30-5-2)16-22-24(28)27(25(29)32-22)13-9-12-18-10-7-6-8-11-18/h6-8,10-11,14-17H,4-5,9,12-13H2,1-3H3/b22-16+/t17-/m0/s1. The lowest BCUT2D eigenvalue weighted by Gasteiger charge is -2.18. The molecule has 170 valence electrons. The summed E-state index contributed by atoms with van der Waals surface area (Å²) < 4.78 is 12.5. The second kappa shape index (κ2) is 11.6. The maximum Gasteiger partial charge on any atom is 0.293 e. The number of ether oxygens (including phenoxy) is 2. The summed E-state index contributed by atoms with van der Waals surface area (Å²) in [4.78, 5) is 27.1. The topological polar surface area (TPSA) is 55.8 Å². The number of benzene rings is 2. The third-order valence-corrected chi connectivity index (χ3v) is 6.58. The average molecular weight is 518 g/mol. The molecule has 1 saturated heterocycles. The van der Waals surface area contributed by atoms with Gasteiger partial charge in [-0.3, -0.25) is 14.5 Å². The van der Waals surface area contributed by atoms with Crippen molar-refractivity contribution in [3.63, 3.8) is 0 Å². The Morgan fingerprint density at radius 1 is 1.16 bits per heavy atom. The highest BCUT2D eigenvalue weighted by atomic mass is 79.9. The number of carbonyl (C=O) groups is 2. The maximum absolute atomic E-state index is 12.9. The molecule has 1 fully saturated rings. The van der Waals surface area contributed by atoms with E-state index in [2.05, 4.69) is 35.0 Å². The van der Waals surface area contributed by atoms with Crippen molar-refractivity contribution in [2.24, 2.45) is 0 Å². The minimum Gasteiger partial charge on any atom is -0.490 e. The average Bonchev–Trinajstić information content (AvgIpc) is 3.04. The number of rotatable bonds is 10. The van der Waals surface area contributed by atoms with Crippen LogP contribution in [0.25, 0.3) is 6.08 Å². The first-order valence-electron chi connectivity index (χ1n) is 10.8. The third kappa shape index (κ3) is 6.17. The summed E-state index contributed by atoms with van der Waals surface area (Å²) in [7, 11) is 0. The predicted octanol–water partition coefficient (Wildman–Crippen LogP) is 6.69. The van der Waals surface area contributed by atoms with Crippen molar-refractivity contribution in [2.75, 3.05) is 13.2 Å². The normalized spacial score (nSPS) is 16.0. The molecule has 1 aliphatic heterocycles. The van der Waals surface area contributed by atoms with Gasteiger partial charge in [0.1, 0.15) is 0 Å². The molecule has 0 bridgehead atoms. The number of amides is 2. The Morgan fingerprint density at radius 2 is 1.91 bits per heavy atom. The van der Waals surface area contributed by atoms with E-state index in [4.69, 9.17) is 9.47 Å². The molecule has 2 aromatic carbocycles. The van der Waals surface area contributed by atoms with Crippen LogP contribution in [0, 0.1) is 0 Å². The molecular formula is C25H28BrNO4S. The van der Waals surface area contributed by atoms with Gasteiger partial charge in [-0.05, 0) is 90.1 Å². The summed E-state index contributed by atoms with van der Waals surface area (Å²) in [5, 5.41) is -0.227. The summed E-state index contributed by atoms with van der Waals surface area (Å²) in [6.45, 7) is 6.87. The van der Waals surface area contributed by atoms with Crippen molar-refractivity contribution < 1.29 is 19.1 Å². The molecule has 0 spiro atoms. The van der Waals surface area contributed by atoms with E-state index >= 15 is 0 Å². The Hall–Kier alpha value is -2.25. The van der Waals surface area contributed by atoms with E-state index in [1.807, 2.05) is 44.2 Å². The van der Waals surface area contributed by atoms with Crippen LogP contribution in [0.3, 0.4) is 0 Å². The van der Waals surface area contributed by atoms with Gasteiger partial charge in [-0.1, -0.05) is 37.3 Å². The molecule has 7 heteroatoms. The summed E-state index contributed by atoms with van der Waals surface area (Å²) in [5.41, 5.74) is 1.97. The fourth-order valence-electron chi connectivity index (χ4n) is 3.26. The molecule has 32 heavy (non-hydrogen) atoms. The molecule has 1 aliphatic rings. The van der Waals surface area contributed by atoms with Crippen LogP contribution in [0.1, 0.15) is 44.7 Å². The van der Waals surface area contributed by atoms with Crippen molar-refractivity contribution in [3.05, 3.63) is 63.0 Å². The molecule has 0 aliphatic carbocycles. The number of hydrogen-bond donors (Lipinski definition) is 0. The first kappa shape index (κ1) is 24.4. The fourth-order valence-corrected chi connectivity index (χ4v) is 4.68. The molecule has 5 nitrogen and oxygen atoms in total. The van der Waals surface area contributed by atoms with Gasteiger partial charge in [0.15, 0.2) is 11.5 Å². The predicted molar refractivity (Wildman–Crippen MR) is 133 cm³/mol. The Labute approximate surface area is 202 Å². The van der Waals surface area contributed by atoms with Crippen molar-refractivity contribution in [1.82, 2.24) is 4.90 Å². The van der Waals surface area contributed by atoms with Crippen LogP contribution in [0.2, 0.25) is 0 Å². The molecular weight excluding hydrogens is 490 g/mol. The van der Waals surface area contributed by atoms with E-state index in [0.29, 0.717) is 29.6 Å². The van der Waals surface area contributed by atoms with Crippen LogP contribution < -0.4 is 9.47 Å². The molecule has 0 N–H and O–H groups in total. The molecule has 0 radical (unpaired) electrons. The summed E-state index contributed by atoms with van der Waals surface area (Å²) >= 11 is 4.54. The highest BCUT2D eigenvalue weighted by Crippen LogP contribution is 2.40. The number of carbonyl (C=O) groups excluding carboxylic acids is 2. The first-order valence-corrected chi connectivity index (χ1v) is 12.5. The van der Waals surface area contributed by atoms with E-state index in [-0.39, 0.29) is 17.3 Å². The SMILES string of the molecule is CCOc1cc(/C=C2/SC(=O)N(CCCc3ccccc3)C2=O)cc(Br)c1O[C@@H](C)CC. The monoisotopic (exact) mass is 517 g/mol. The van der Waals surface area contributed by atoms with Crippen molar-refractivity contribution in [1.29, 1.82) is 0 Å². The van der Waals surface area contributed by atoms with Gasteiger partial charge in [-0.25, -0.2) is 0 Å². The van der Waals surface area contributed by atoms with Gasteiger partial charge < -0.3 is 9.47 Å². The smallest absolute Gasteiger partial charge is 0.293 e. The van der Waals surface area contributed by atoms with E-state index in [1.54, 1.807) is 6.08 Å². The lowest BCUT2D eigenvalue weighted by molar-refractivity contribution is -0.122. The quantitative estimate of drug-likeness (QED) is 0.328. The minimum atomic E-state index is -0.248. The molecule has 2 amide bonds. The van der Waals surface area contributed by atoms with Crippen LogP contribution in [0.5, 0.6) is 11.5 Å². The second-order valence-electron chi connectivity index (χ2n) is 7.52. The number of aryl methyl sites for hydroxylation is 1. The zero-order chi connectivity index (χ0) is 23.1. The number of nitrogens with zero attached hydrogens (tertiary/aromatic N) is 1. The van der Waals surface area contributed by atoms with Crippen LogP contribution in [0.4, 0.5) is 4.79 Å². The Morgan fingerprint density at radius 3 is 2.59 bits per heavy atom. The second-order valence-corrected chi connectivity index (χ2v) is 9.37. The van der Waals surface area contributed by atoms with Gasteiger partial charge in [-0.2, -0.15) is 0 Å². The number of hydrogen-bond acceptors (Lipinski definition) is 5. The molecule has 0 saturated carbocycles. The summed E-state index contributed by atoms with van der Waals surface area (Å²) in [6, 6.07) is 13.8. The molecule has 3 rings (SSSR count). The van der Waals surface area contributed by atoms with Gasteiger partial charge >= 0.3 is 0 Å². The third-order valence-electron chi connectivity index (χ3n) is 5.09. The maximum atomic E-state index is 12.9. The Kier molecular flexibility index (Phi) is 8.82. The van der Waals surface area contributed by atoms with Gasteiger partial charge in [-0.15, -0.1) is 0 Å². The highest BCUT2D eigenvalue weighted by molar-refractivity contribution is 9.10. The number of halogens is 1. The lowest BCUT2D eigenvalue weighted by atomic mass is 10.1. The number of thioether (sulfide) groups is 1. The summed E-state index contributed by atoms with van der Waals surface area (Å²) in [6.07, 6.45) is 4.21. The van der Waals surface area contributed by atoms with Crippen LogP contribution >= 0.6 is 27.7 Å². The van der Waals surface area contributed by atoms with Crippen LogP contribution in [-0.2, 0) is 11.2 Å². The van der Waals surface area contributed by atoms with Crippen molar-refractivity contribution in [2.45, 2.75) is 46.1 Å². The summed E-state index contributed by atoms with van der Waals surface area (Å²) in [5.74, 6) is 1.00. The van der Waals surface area contributed by atoms with E-state index in [9.17, 15) is 9.59 Å². The highest BCUT2D eigenvalue weighted by Gasteiger charge is 2.34.